The van der Waals surface area contributed by atoms with Gasteiger partial charge in [0.25, 0.3) is 0 Å². The zero-order chi connectivity index (χ0) is 17.2. The van der Waals surface area contributed by atoms with Gasteiger partial charge in [-0.2, -0.15) is 0 Å². The Morgan fingerprint density at radius 3 is 2.56 bits per heavy atom. The number of carbonyl (C=O) groups is 1. The standard InChI is InChI=1S/C20H21N3OS/c1-14(20(24)23-12-4-5-13-23)21-16-10-8-15(9-11-16)19-22-17-6-2-3-7-18(17)25-19/h2-3,6-11,14,21H,4-5,12-13H2,1H3/t14-/m0/s1. The third-order valence-electron chi connectivity index (χ3n) is 4.60. The predicted molar refractivity (Wildman–Crippen MR) is 104 cm³/mol. The molecule has 25 heavy (non-hydrogen) atoms. The number of likely N-dealkylation sites (tertiary alicyclic amines) is 1. The fourth-order valence-electron chi connectivity index (χ4n) is 3.23. The van der Waals surface area contributed by atoms with Crippen molar-refractivity contribution in [1.29, 1.82) is 0 Å². The molecule has 0 saturated carbocycles. The lowest BCUT2D eigenvalue weighted by Gasteiger charge is -2.21. The first kappa shape index (κ1) is 16.1. The van der Waals surface area contributed by atoms with Gasteiger partial charge in [-0.3, -0.25) is 4.79 Å². The molecule has 4 nitrogen and oxygen atoms in total. The summed E-state index contributed by atoms with van der Waals surface area (Å²) in [5.41, 5.74) is 3.10. The second-order valence-corrected chi connectivity index (χ2v) is 7.49. The molecule has 3 aromatic rings. The highest BCUT2D eigenvalue weighted by atomic mass is 32.1. The smallest absolute Gasteiger partial charge is 0.244 e. The Labute approximate surface area is 151 Å². The number of nitrogens with zero attached hydrogens (tertiary/aromatic N) is 2. The molecule has 0 spiro atoms. The number of para-hydroxylation sites is 1. The average Bonchev–Trinajstić information content (AvgIpc) is 3.31. The lowest BCUT2D eigenvalue weighted by atomic mass is 10.2. The van der Waals surface area contributed by atoms with E-state index in [9.17, 15) is 4.79 Å². The number of nitrogens with one attached hydrogen (secondary N) is 1. The van der Waals surface area contributed by atoms with Gasteiger partial charge in [0.15, 0.2) is 0 Å². The number of amides is 1. The summed E-state index contributed by atoms with van der Waals surface area (Å²) in [4.78, 5) is 19.0. The molecular formula is C20H21N3OS. The molecule has 2 aromatic carbocycles. The second-order valence-electron chi connectivity index (χ2n) is 6.46. The number of anilines is 1. The summed E-state index contributed by atoms with van der Waals surface area (Å²) in [5.74, 6) is 0.188. The van der Waals surface area contributed by atoms with Crippen molar-refractivity contribution in [1.82, 2.24) is 9.88 Å². The molecule has 1 aliphatic rings. The van der Waals surface area contributed by atoms with Crippen LogP contribution in [0.25, 0.3) is 20.8 Å². The van der Waals surface area contributed by atoms with Gasteiger partial charge in [-0.05, 0) is 56.2 Å². The summed E-state index contributed by atoms with van der Waals surface area (Å²) in [6.07, 6.45) is 2.24. The molecule has 0 bridgehead atoms. The molecular weight excluding hydrogens is 330 g/mol. The molecule has 1 fully saturated rings. The SMILES string of the molecule is C[C@H](Nc1ccc(-c2nc3ccccc3s2)cc1)C(=O)N1CCCC1. The van der Waals surface area contributed by atoms with Gasteiger partial charge in [-0.1, -0.05) is 12.1 Å². The number of benzene rings is 2. The van der Waals surface area contributed by atoms with Crippen LogP contribution in [0.1, 0.15) is 19.8 Å². The van der Waals surface area contributed by atoms with Crippen LogP contribution in [0.2, 0.25) is 0 Å². The quantitative estimate of drug-likeness (QED) is 0.758. The zero-order valence-corrected chi connectivity index (χ0v) is 15.1. The molecule has 128 valence electrons. The summed E-state index contributed by atoms with van der Waals surface area (Å²) < 4.78 is 1.20. The van der Waals surface area contributed by atoms with Gasteiger partial charge in [0.05, 0.1) is 10.2 Å². The van der Waals surface area contributed by atoms with Crippen molar-refractivity contribution in [3.05, 3.63) is 48.5 Å². The van der Waals surface area contributed by atoms with Gasteiger partial charge in [0, 0.05) is 24.3 Å². The topological polar surface area (TPSA) is 45.2 Å². The number of thiazole rings is 1. The lowest BCUT2D eigenvalue weighted by Crippen LogP contribution is -2.39. The normalized spacial score (nSPS) is 15.5. The predicted octanol–water partition coefficient (Wildman–Crippen LogP) is 4.39. The van der Waals surface area contributed by atoms with Crippen molar-refractivity contribution in [2.75, 3.05) is 18.4 Å². The molecule has 2 heterocycles. The highest BCUT2D eigenvalue weighted by Gasteiger charge is 2.22. The number of hydrogen-bond acceptors (Lipinski definition) is 4. The number of fused-ring (bicyclic) bond motifs is 1. The van der Waals surface area contributed by atoms with Gasteiger partial charge < -0.3 is 10.2 Å². The first-order valence-electron chi connectivity index (χ1n) is 8.72. The van der Waals surface area contributed by atoms with Gasteiger partial charge in [-0.15, -0.1) is 11.3 Å². The van der Waals surface area contributed by atoms with Crippen LogP contribution in [0.4, 0.5) is 5.69 Å². The summed E-state index contributed by atoms with van der Waals surface area (Å²) in [6.45, 7) is 3.71. The van der Waals surface area contributed by atoms with E-state index in [4.69, 9.17) is 4.98 Å². The molecule has 0 aliphatic carbocycles. The minimum atomic E-state index is -0.202. The third-order valence-corrected chi connectivity index (χ3v) is 5.68. The van der Waals surface area contributed by atoms with Crippen LogP contribution < -0.4 is 5.32 Å². The first-order valence-corrected chi connectivity index (χ1v) is 9.54. The van der Waals surface area contributed by atoms with E-state index in [2.05, 4.69) is 23.5 Å². The maximum Gasteiger partial charge on any atom is 0.244 e. The van der Waals surface area contributed by atoms with E-state index in [0.29, 0.717) is 0 Å². The zero-order valence-electron chi connectivity index (χ0n) is 14.2. The van der Waals surface area contributed by atoms with E-state index < -0.39 is 0 Å². The van der Waals surface area contributed by atoms with Crippen molar-refractivity contribution < 1.29 is 4.79 Å². The Balaban J connectivity index is 1.47. The maximum atomic E-state index is 12.4. The van der Waals surface area contributed by atoms with Crippen LogP contribution in [-0.2, 0) is 4.79 Å². The van der Waals surface area contributed by atoms with E-state index in [-0.39, 0.29) is 11.9 Å². The summed E-state index contributed by atoms with van der Waals surface area (Å²) >= 11 is 1.70. The van der Waals surface area contributed by atoms with Crippen molar-refractivity contribution in [3.8, 4) is 10.6 Å². The molecule has 1 atom stereocenters. The summed E-state index contributed by atoms with van der Waals surface area (Å²) in [6, 6.07) is 16.2. The highest BCUT2D eigenvalue weighted by molar-refractivity contribution is 7.21. The van der Waals surface area contributed by atoms with Gasteiger partial charge >= 0.3 is 0 Å². The monoisotopic (exact) mass is 351 g/mol. The van der Waals surface area contributed by atoms with E-state index >= 15 is 0 Å². The summed E-state index contributed by atoms with van der Waals surface area (Å²) in [7, 11) is 0. The van der Waals surface area contributed by atoms with Gasteiger partial charge in [0.1, 0.15) is 11.0 Å². The second kappa shape index (κ2) is 6.84. The Morgan fingerprint density at radius 2 is 1.84 bits per heavy atom. The Morgan fingerprint density at radius 1 is 1.12 bits per heavy atom. The highest BCUT2D eigenvalue weighted by Crippen LogP contribution is 2.30. The molecule has 0 unspecified atom stereocenters. The van der Waals surface area contributed by atoms with Crippen molar-refractivity contribution in [3.63, 3.8) is 0 Å². The van der Waals surface area contributed by atoms with Crippen LogP contribution in [-0.4, -0.2) is 34.9 Å². The number of hydrogen-bond donors (Lipinski definition) is 1. The van der Waals surface area contributed by atoms with Gasteiger partial charge in [0.2, 0.25) is 5.91 Å². The van der Waals surface area contributed by atoms with E-state index in [1.54, 1.807) is 11.3 Å². The van der Waals surface area contributed by atoms with Crippen LogP contribution in [0, 0.1) is 0 Å². The molecule has 5 heteroatoms. The first-order chi connectivity index (χ1) is 12.2. The van der Waals surface area contributed by atoms with Crippen LogP contribution in [0.3, 0.4) is 0 Å². The molecule has 0 radical (unpaired) electrons. The van der Waals surface area contributed by atoms with Crippen molar-refractivity contribution >= 4 is 33.1 Å². The minimum Gasteiger partial charge on any atom is -0.374 e. The summed E-state index contributed by atoms with van der Waals surface area (Å²) in [5, 5.41) is 4.34. The van der Waals surface area contributed by atoms with Crippen LogP contribution in [0.15, 0.2) is 48.5 Å². The minimum absolute atomic E-state index is 0.188. The number of carbonyl (C=O) groups excluding carboxylic acids is 1. The molecule has 1 saturated heterocycles. The maximum absolute atomic E-state index is 12.4. The van der Waals surface area contributed by atoms with Crippen molar-refractivity contribution in [2.45, 2.75) is 25.8 Å². The number of aromatic nitrogens is 1. The van der Waals surface area contributed by atoms with E-state index in [0.717, 1.165) is 47.7 Å². The fourth-order valence-corrected chi connectivity index (χ4v) is 4.20. The molecule has 4 rings (SSSR count). The lowest BCUT2D eigenvalue weighted by molar-refractivity contribution is -0.130. The molecule has 1 amide bonds. The third kappa shape index (κ3) is 3.37. The molecule has 1 aromatic heterocycles. The Hall–Kier alpha value is -2.40. The van der Waals surface area contributed by atoms with Crippen LogP contribution >= 0.6 is 11.3 Å². The largest absolute Gasteiger partial charge is 0.374 e. The molecule has 1 N–H and O–H groups in total. The Bertz CT molecular complexity index is 848. The van der Waals surface area contributed by atoms with Crippen LogP contribution in [0.5, 0.6) is 0 Å². The van der Waals surface area contributed by atoms with E-state index in [1.165, 1.54) is 4.70 Å². The van der Waals surface area contributed by atoms with Crippen molar-refractivity contribution in [2.24, 2.45) is 0 Å². The number of rotatable bonds is 4. The van der Waals surface area contributed by atoms with E-state index in [1.807, 2.05) is 42.2 Å². The Kier molecular flexibility index (Phi) is 4.40. The fraction of sp³-hybridized carbons (Fsp3) is 0.300. The average molecular weight is 351 g/mol. The van der Waals surface area contributed by atoms with Gasteiger partial charge in [-0.25, -0.2) is 4.98 Å². The molecule has 1 aliphatic heterocycles.